The Morgan fingerprint density at radius 1 is 0.903 bits per heavy atom. The lowest BCUT2D eigenvalue weighted by Crippen LogP contribution is -2.13. The van der Waals surface area contributed by atoms with Crippen LogP contribution in [0, 0.1) is 0 Å². The molecule has 0 atom stereocenters. The molecule has 154 valence electrons. The third kappa shape index (κ3) is 6.09. The van der Waals surface area contributed by atoms with Crippen LogP contribution in [0.3, 0.4) is 0 Å². The first kappa shape index (κ1) is 21.0. The van der Waals surface area contributed by atoms with Crippen molar-refractivity contribution in [2.45, 2.75) is 5.22 Å². The molecule has 0 aliphatic rings. The number of nitrogens with zero attached hydrogens (tertiary/aromatic N) is 4. The molecule has 7 nitrogen and oxygen atoms in total. The molecule has 1 N–H and O–H groups in total. The summed E-state index contributed by atoms with van der Waals surface area (Å²) in [5, 5.41) is 19.5. The Bertz CT molecular complexity index is 1180. The van der Waals surface area contributed by atoms with E-state index >= 15 is 0 Å². The topological polar surface area (TPSA) is 92.7 Å². The van der Waals surface area contributed by atoms with Crippen molar-refractivity contribution in [1.82, 2.24) is 10.2 Å². The van der Waals surface area contributed by atoms with Gasteiger partial charge in [-0.1, -0.05) is 45.9 Å². The molecule has 0 aliphatic heterocycles. The second-order valence-corrected chi connectivity index (χ2v) is 8.14. The van der Waals surface area contributed by atoms with Gasteiger partial charge in [0.2, 0.25) is 11.8 Å². The highest BCUT2D eigenvalue weighted by Gasteiger charge is 2.11. The highest BCUT2D eigenvalue weighted by molar-refractivity contribution is 9.10. The van der Waals surface area contributed by atoms with Crippen molar-refractivity contribution in [2.75, 3.05) is 11.1 Å². The predicted molar refractivity (Wildman–Crippen MR) is 124 cm³/mol. The average molecular weight is 494 g/mol. The fourth-order valence-corrected chi connectivity index (χ4v) is 3.35. The molecule has 0 fully saturated rings. The number of thioether (sulfide) groups is 1. The summed E-state index contributed by atoms with van der Waals surface area (Å²) in [7, 11) is 0. The Kier molecular flexibility index (Phi) is 6.85. The van der Waals surface area contributed by atoms with Crippen LogP contribution in [0.15, 0.2) is 103 Å². The average Bonchev–Trinajstić information content (AvgIpc) is 3.28. The third-order valence-electron chi connectivity index (χ3n) is 4.01. The van der Waals surface area contributed by atoms with Crippen LogP contribution < -0.4 is 5.32 Å². The van der Waals surface area contributed by atoms with E-state index in [0.717, 1.165) is 15.7 Å². The second-order valence-electron chi connectivity index (χ2n) is 6.30. The Morgan fingerprint density at radius 2 is 1.58 bits per heavy atom. The van der Waals surface area contributed by atoms with Crippen molar-refractivity contribution in [1.29, 1.82) is 0 Å². The van der Waals surface area contributed by atoms with Gasteiger partial charge in [0.05, 0.1) is 17.1 Å². The predicted octanol–water partition coefficient (Wildman–Crippen LogP) is 6.65. The van der Waals surface area contributed by atoms with Gasteiger partial charge in [-0.15, -0.1) is 10.2 Å². The molecule has 0 spiro atoms. The van der Waals surface area contributed by atoms with Gasteiger partial charge in [-0.25, -0.2) is 0 Å². The van der Waals surface area contributed by atoms with E-state index in [0.29, 0.717) is 22.5 Å². The van der Waals surface area contributed by atoms with E-state index in [1.54, 1.807) is 24.3 Å². The van der Waals surface area contributed by atoms with Gasteiger partial charge in [-0.05, 0) is 60.7 Å². The first-order chi connectivity index (χ1) is 15.2. The summed E-state index contributed by atoms with van der Waals surface area (Å²) in [4.78, 5) is 12.2. The maximum absolute atomic E-state index is 12.2. The zero-order chi connectivity index (χ0) is 21.5. The Hall–Kier alpha value is -3.30. The van der Waals surface area contributed by atoms with Gasteiger partial charge in [0.1, 0.15) is 0 Å². The molecule has 4 rings (SSSR count). The highest BCUT2D eigenvalue weighted by atomic mass is 79.9. The van der Waals surface area contributed by atoms with E-state index < -0.39 is 0 Å². The van der Waals surface area contributed by atoms with Gasteiger partial charge < -0.3 is 9.73 Å². The summed E-state index contributed by atoms with van der Waals surface area (Å²) in [6, 6.07) is 24.2. The van der Waals surface area contributed by atoms with E-state index in [-0.39, 0.29) is 11.7 Å². The summed E-state index contributed by atoms with van der Waals surface area (Å²) < 4.78 is 6.58. The second kappa shape index (κ2) is 10.1. The fraction of sp³-hybridized carbons (Fsp3) is 0.0455. The molecule has 0 radical (unpaired) electrons. The van der Waals surface area contributed by atoms with Crippen molar-refractivity contribution >= 4 is 50.7 Å². The largest absolute Gasteiger partial charge is 0.411 e. The smallest absolute Gasteiger partial charge is 0.277 e. The standard InChI is InChI=1S/C22H16BrN5O2S/c23-16-8-6-15(7-9-16)21-27-28-22(30-21)31-14-20(29)24-17-10-12-19(13-11-17)26-25-18-4-2-1-3-5-18/h1-13H,14H2,(H,24,29). The number of nitrogens with one attached hydrogen (secondary N) is 1. The number of hydrogen-bond donors (Lipinski definition) is 1. The van der Waals surface area contributed by atoms with Gasteiger partial charge in [-0.2, -0.15) is 10.2 Å². The summed E-state index contributed by atoms with van der Waals surface area (Å²) in [5.74, 6) is 0.389. The van der Waals surface area contributed by atoms with Crippen LogP contribution in [0.4, 0.5) is 17.1 Å². The lowest BCUT2D eigenvalue weighted by atomic mass is 10.2. The molecule has 0 aliphatic carbocycles. The molecule has 31 heavy (non-hydrogen) atoms. The van der Waals surface area contributed by atoms with Gasteiger partial charge in [0.15, 0.2) is 0 Å². The van der Waals surface area contributed by atoms with Crippen LogP contribution in [0.25, 0.3) is 11.5 Å². The lowest BCUT2D eigenvalue weighted by molar-refractivity contribution is -0.113. The first-order valence-corrected chi connectivity index (χ1v) is 11.0. The Morgan fingerprint density at radius 3 is 2.29 bits per heavy atom. The van der Waals surface area contributed by atoms with Crippen LogP contribution >= 0.6 is 27.7 Å². The molecule has 0 saturated carbocycles. The number of amides is 1. The number of benzene rings is 3. The van der Waals surface area contributed by atoms with E-state index in [1.807, 2.05) is 54.6 Å². The van der Waals surface area contributed by atoms with Crippen LogP contribution in [0.5, 0.6) is 0 Å². The first-order valence-electron chi connectivity index (χ1n) is 9.25. The van der Waals surface area contributed by atoms with Gasteiger partial charge in [-0.3, -0.25) is 4.79 Å². The van der Waals surface area contributed by atoms with E-state index in [4.69, 9.17) is 4.42 Å². The molecule has 4 aromatic rings. The summed E-state index contributed by atoms with van der Waals surface area (Å²) >= 11 is 4.57. The number of carbonyl (C=O) groups excluding carboxylic acids is 1. The number of hydrogen-bond acceptors (Lipinski definition) is 7. The van der Waals surface area contributed by atoms with E-state index in [1.165, 1.54) is 11.8 Å². The van der Waals surface area contributed by atoms with Crippen molar-refractivity contribution < 1.29 is 9.21 Å². The fourth-order valence-electron chi connectivity index (χ4n) is 2.52. The van der Waals surface area contributed by atoms with E-state index in [2.05, 4.69) is 41.7 Å². The number of azo groups is 1. The van der Waals surface area contributed by atoms with Crippen LogP contribution in [-0.4, -0.2) is 21.9 Å². The summed E-state index contributed by atoms with van der Waals surface area (Å²) in [6.07, 6.45) is 0. The molecule has 9 heteroatoms. The minimum atomic E-state index is -0.174. The maximum atomic E-state index is 12.2. The van der Waals surface area contributed by atoms with Gasteiger partial charge in [0.25, 0.3) is 5.22 Å². The number of halogens is 1. The number of rotatable bonds is 7. The molecule has 1 heterocycles. The third-order valence-corrected chi connectivity index (χ3v) is 5.36. The molecule has 1 aromatic heterocycles. The maximum Gasteiger partial charge on any atom is 0.277 e. The number of carbonyl (C=O) groups is 1. The molecule has 0 saturated heterocycles. The Labute approximate surface area is 191 Å². The summed E-state index contributed by atoms with van der Waals surface area (Å²) in [6.45, 7) is 0. The van der Waals surface area contributed by atoms with Crippen LogP contribution in [0.1, 0.15) is 0 Å². The summed E-state index contributed by atoms with van der Waals surface area (Å²) in [5.41, 5.74) is 2.96. The normalized spacial score (nSPS) is 11.0. The van der Waals surface area contributed by atoms with Gasteiger partial charge >= 0.3 is 0 Å². The van der Waals surface area contributed by atoms with Crippen molar-refractivity contribution in [3.05, 3.63) is 83.3 Å². The van der Waals surface area contributed by atoms with Gasteiger partial charge in [0, 0.05) is 15.7 Å². The number of aromatic nitrogens is 2. The quantitative estimate of drug-likeness (QED) is 0.230. The monoisotopic (exact) mass is 493 g/mol. The van der Waals surface area contributed by atoms with Crippen LogP contribution in [-0.2, 0) is 4.79 Å². The molecular formula is C22H16BrN5O2S. The minimum Gasteiger partial charge on any atom is -0.411 e. The van der Waals surface area contributed by atoms with Crippen molar-refractivity contribution in [3.63, 3.8) is 0 Å². The molecular weight excluding hydrogens is 478 g/mol. The molecule has 0 bridgehead atoms. The minimum absolute atomic E-state index is 0.150. The zero-order valence-electron chi connectivity index (χ0n) is 16.1. The van der Waals surface area contributed by atoms with Crippen LogP contribution in [0.2, 0.25) is 0 Å². The Balaban J connectivity index is 1.28. The molecule has 0 unspecified atom stereocenters. The van der Waals surface area contributed by atoms with E-state index in [9.17, 15) is 4.79 Å². The highest BCUT2D eigenvalue weighted by Crippen LogP contribution is 2.25. The SMILES string of the molecule is O=C(CSc1nnc(-c2ccc(Br)cc2)o1)Nc1ccc(N=Nc2ccccc2)cc1. The zero-order valence-corrected chi connectivity index (χ0v) is 18.5. The lowest BCUT2D eigenvalue weighted by Gasteiger charge is -2.04. The number of anilines is 1. The molecule has 3 aromatic carbocycles. The molecule has 1 amide bonds. The van der Waals surface area contributed by atoms with Crippen molar-refractivity contribution in [3.8, 4) is 11.5 Å². The van der Waals surface area contributed by atoms with Crippen molar-refractivity contribution in [2.24, 2.45) is 10.2 Å².